The fourth-order valence-electron chi connectivity index (χ4n) is 5.07. The Balaban J connectivity index is 0.00000370. The number of nitrogens with zero attached hydrogens (tertiary/aromatic N) is 6. The normalized spacial score (nSPS) is 12.2. The second-order valence-corrected chi connectivity index (χ2v) is 11.9. The molecule has 2 aromatic carbocycles. The van der Waals surface area contributed by atoms with Gasteiger partial charge in [-0.15, -0.1) is 0 Å². The van der Waals surface area contributed by atoms with Crippen LogP contribution in [0.3, 0.4) is 0 Å². The van der Waals surface area contributed by atoms with E-state index >= 15 is 0 Å². The third-order valence-corrected chi connectivity index (χ3v) is 8.25. The van der Waals surface area contributed by atoms with Gasteiger partial charge in [-0.1, -0.05) is 64.0 Å². The first-order chi connectivity index (χ1) is 18.5. The monoisotopic (exact) mass is 713 g/mol. The van der Waals surface area contributed by atoms with Crippen LogP contribution >= 0.6 is 0 Å². The van der Waals surface area contributed by atoms with Gasteiger partial charge in [-0.2, -0.15) is 30.3 Å². The first-order valence-electron chi connectivity index (χ1n) is 13.7. The Morgan fingerprint density at radius 1 is 0.950 bits per heavy atom. The van der Waals surface area contributed by atoms with Crippen LogP contribution in [0, 0.1) is 12.4 Å². The van der Waals surface area contributed by atoms with Gasteiger partial charge in [-0.25, -0.2) is 4.98 Å². The molecule has 40 heavy (non-hydrogen) atoms. The summed E-state index contributed by atoms with van der Waals surface area (Å²) >= 11 is 0. The molecular formula is C33H38N6Pt-2. The van der Waals surface area contributed by atoms with E-state index < -0.39 is 0 Å². The third kappa shape index (κ3) is 5.14. The van der Waals surface area contributed by atoms with Gasteiger partial charge in [0, 0.05) is 45.1 Å². The molecule has 0 saturated heterocycles. The molecule has 0 atom stereocenters. The molecule has 5 aromatic rings. The summed E-state index contributed by atoms with van der Waals surface area (Å²) in [4.78, 5) is 14.4. The van der Waals surface area contributed by atoms with Crippen LogP contribution < -0.4 is 9.55 Å². The minimum atomic E-state index is -0.377. The molecule has 0 radical (unpaired) electrons. The first-order valence-corrected chi connectivity index (χ1v) is 13.7. The van der Waals surface area contributed by atoms with E-state index in [1.807, 2.05) is 35.0 Å². The van der Waals surface area contributed by atoms with E-state index in [0.29, 0.717) is 17.7 Å². The van der Waals surface area contributed by atoms with Crippen molar-refractivity contribution in [3.05, 3.63) is 103 Å². The van der Waals surface area contributed by atoms with E-state index in [2.05, 4.69) is 117 Å². The summed E-state index contributed by atoms with van der Waals surface area (Å²) in [5.41, 5.74) is 4.94. The molecular weight excluding hydrogens is 675 g/mol. The summed E-state index contributed by atoms with van der Waals surface area (Å²) in [6.45, 7) is 18.0. The smallest absolute Gasteiger partial charge is 0.242 e. The quantitative estimate of drug-likeness (QED) is 0.136. The topological polar surface area (TPSA) is 53.6 Å². The van der Waals surface area contributed by atoms with Crippen molar-refractivity contribution in [2.75, 3.05) is 0 Å². The average Bonchev–Trinajstić information content (AvgIpc) is 3.69. The second kappa shape index (κ2) is 11.3. The summed E-state index contributed by atoms with van der Waals surface area (Å²) in [7, 11) is 0. The molecule has 3 heterocycles. The number of rotatable bonds is 8. The molecule has 0 spiro atoms. The Morgan fingerprint density at radius 3 is 2.23 bits per heavy atom. The van der Waals surface area contributed by atoms with Gasteiger partial charge in [0.15, 0.2) is 0 Å². The molecule has 5 rings (SSSR count). The Labute approximate surface area is 252 Å². The van der Waals surface area contributed by atoms with Gasteiger partial charge in [0.1, 0.15) is 5.82 Å². The van der Waals surface area contributed by atoms with E-state index in [1.165, 1.54) is 16.8 Å². The van der Waals surface area contributed by atoms with Crippen LogP contribution in [0.4, 0.5) is 0 Å². The Kier molecular flexibility index (Phi) is 8.42. The van der Waals surface area contributed by atoms with Crippen molar-refractivity contribution in [1.82, 2.24) is 24.1 Å². The zero-order chi connectivity index (χ0) is 27.9. The number of benzene rings is 2. The number of para-hydroxylation sites is 2. The molecule has 0 aliphatic heterocycles. The van der Waals surface area contributed by atoms with Crippen LogP contribution in [0.2, 0.25) is 0 Å². The predicted molar refractivity (Wildman–Crippen MR) is 154 cm³/mol. The van der Waals surface area contributed by atoms with Crippen LogP contribution in [-0.2, 0) is 32.0 Å². The zero-order valence-electron chi connectivity index (χ0n) is 24.6. The first kappa shape index (κ1) is 29.7. The SMILES string of the molecule is CC(C)c1cccc(C(C)C)c1-n1cc(C(C)(C)C(C)(C)n2[c-][n+](-c3[c-]cccc3)cc2)nc1-c1ncc[n-]1.[Pt]. The zero-order valence-corrected chi connectivity index (χ0v) is 26.9. The average molecular weight is 714 g/mol. The molecule has 0 aliphatic rings. The fraction of sp³-hybridized carbons (Fsp3) is 0.364. The fourth-order valence-corrected chi connectivity index (χ4v) is 5.07. The minimum Gasteiger partial charge on any atom is -0.440 e. The number of hydrogen-bond acceptors (Lipinski definition) is 2. The van der Waals surface area contributed by atoms with Gasteiger partial charge in [0.05, 0.1) is 16.9 Å². The second-order valence-electron chi connectivity index (χ2n) is 11.9. The maximum Gasteiger partial charge on any atom is 0.242 e. The number of imidazole rings is 3. The van der Waals surface area contributed by atoms with Crippen molar-refractivity contribution < 1.29 is 25.6 Å². The van der Waals surface area contributed by atoms with Crippen molar-refractivity contribution in [2.45, 2.75) is 78.2 Å². The van der Waals surface area contributed by atoms with Crippen molar-refractivity contribution >= 4 is 0 Å². The van der Waals surface area contributed by atoms with Gasteiger partial charge in [0.25, 0.3) is 0 Å². The maximum absolute atomic E-state index is 5.26. The molecule has 7 heteroatoms. The largest absolute Gasteiger partial charge is 0.440 e. The summed E-state index contributed by atoms with van der Waals surface area (Å²) in [6, 6.07) is 17.8. The van der Waals surface area contributed by atoms with E-state index in [9.17, 15) is 0 Å². The molecule has 0 N–H and O–H groups in total. The van der Waals surface area contributed by atoms with Crippen LogP contribution in [0.15, 0.2) is 73.4 Å². The van der Waals surface area contributed by atoms with E-state index in [-0.39, 0.29) is 32.0 Å². The molecule has 0 saturated carbocycles. The molecule has 3 aromatic heterocycles. The standard InChI is InChI=1S/C33H38N6.Pt/c1-23(2)26-15-12-16-27(24(3)4)29(26)39-21-28(36-31(39)30-34-17-18-35-30)32(5,6)33(7,8)38-20-19-37(22-38)25-13-10-9-11-14-25;/h9-13,15-21,23-24H,1-8H3;/q-2;. The van der Waals surface area contributed by atoms with Crippen LogP contribution in [-0.4, -0.2) is 19.1 Å². The summed E-state index contributed by atoms with van der Waals surface area (Å²) in [5.74, 6) is 2.09. The molecule has 0 amide bonds. The van der Waals surface area contributed by atoms with Crippen LogP contribution in [0.1, 0.15) is 84.0 Å². The van der Waals surface area contributed by atoms with Crippen molar-refractivity contribution in [2.24, 2.45) is 0 Å². The van der Waals surface area contributed by atoms with Crippen molar-refractivity contribution in [1.29, 1.82) is 0 Å². The molecule has 0 aliphatic carbocycles. The van der Waals surface area contributed by atoms with Crippen LogP contribution in [0.5, 0.6) is 0 Å². The Hall–Kier alpha value is -3.24. The molecule has 6 nitrogen and oxygen atoms in total. The molecule has 212 valence electrons. The van der Waals surface area contributed by atoms with E-state index in [0.717, 1.165) is 17.2 Å². The van der Waals surface area contributed by atoms with Crippen LogP contribution in [0.25, 0.3) is 23.0 Å². The van der Waals surface area contributed by atoms with Crippen molar-refractivity contribution in [3.63, 3.8) is 0 Å². The summed E-state index contributed by atoms with van der Waals surface area (Å²) in [6.07, 6.45) is 13.3. The van der Waals surface area contributed by atoms with E-state index in [4.69, 9.17) is 4.98 Å². The summed E-state index contributed by atoms with van der Waals surface area (Å²) in [5, 5.41) is 0. The molecule has 0 bridgehead atoms. The number of aromatic nitrogens is 6. The Bertz CT molecular complexity index is 1530. The van der Waals surface area contributed by atoms with Gasteiger partial charge >= 0.3 is 0 Å². The Morgan fingerprint density at radius 2 is 1.65 bits per heavy atom. The molecule has 0 unspecified atom stereocenters. The van der Waals surface area contributed by atoms with E-state index in [1.54, 1.807) is 12.4 Å². The predicted octanol–water partition coefficient (Wildman–Crippen LogP) is 6.53. The van der Waals surface area contributed by atoms with Gasteiger partial charge in [0.2, 0.25) is 6.33 Å². The summed E-state index contributed by atoms with van der Waals surface area (Å²) < 4.78 is 6.35. The minimum absolute atomic E-state index is 0. The van der Waals surface area contributed by atoms with Gasteiger partial charge < -0.3 is 19.1 Å². The van der Waals surface area contributed by atoms with Crippen molar-refractivity contribution in [3.8, 4) is 23.0 Å². The third-order valence-electron chi connectivity index (χ3n) is 8.25. The molecule has 0 fully saturated rings. The number of hydrogen-bond donors (Lipinski definition) is 0. The maximum atomic E-state index is 5.26. The van der Waals surface area contributed by atoms with Gasteiger partial charge in [-0.3, -0.25) is 4.57 Å². The van der Waals surface area contributed by atoms with Gasteiger partial charge in [-0.05, 0) is 56.5 Å².